The lowest BCUT2D eigenvalue weighted by atomic mass is 10.0. The first-order chi connectivity index (χ1) is 16.2. The fraction of sp³-hybridized carbons (Fsp3) is 0.280. The number of sulfonamides is 1. The van der Waals surface area contributed by atoms with Crippen molar-refractivity contribution in [1.29, 1.82) is 0 Å². The summed E-state index contributed by atoms with van der Waals surface area (Å²) >= 11 is 1.48. The molecular weight excluding hydrogens is 470 g/mol. The van der Waals surface area contributed by atoms with Gasteiger partial charge >= 0.3 is 0 Å². The summed E-state index contributed by atoms with van der Waals surface area (Å²) in [5.74, 6) is -0.184. The molecule has 0 radical (unpaired) electrons. The lowest BCUT2D eigenvalue weighted by molar-refractivity contribution is 0.0698. The molecule has 1 aliphatic heterocycles. The molecule has 0 unspecified atom stereocenters. The van der Waals surface area contributed by atoms with Crippen LogP contribution in [-0.2, 0) is 10.0 Å². The third kappa shape index (κ3) is 5.48. The molecule has 9 heteroatoms. The Kier molecular flexibility index (Phi) is 7.04. The van der Waals surface area contributed by atoms with Gasteiger partial charge in [0.2, 0.25) is 0 Å². The van der Waals surface area contributed by atoms with Crippen molar-refractivity contribution in [3.63, 3.8) is 0 Å². The highest BCUT2D eigenvalue weighted by molar-refractivity contribution is 7.92. The van der Waals surface area contributed by atoms with Crippen molar-refractivity contribution in [2.24, 2.45) is 0 Å². The number of aryl methyl sites for hydroxylation is 2. The quantitative estimate of drug-likeness (QED) is 0.534. The van der Waals surface area contributed by atoms with E-state index in [0.717, 1.165) is 11.1 Å². The molecular formula is C25H27N3O4S2. The summed E-state index contributed by atoms with van der Waals surface area (Å²) in [7, 11) is -3.72. The van der Waals surface area contributed by atoms with Gasteiger partial charge in [-0.1, -0.05) is 6.07 Å². The minimum Gasteiger partial charge on any atom is -0.349 e. The monoisotopic (exact) mass is 497 g/mol. The molecule has 2 amide bonds. The van der Waals surface area contributed by atoms with E-state index >= 15 is 0 Å². The van der Waals surface area contributed by atoms with Crippen LogP contribution in [0.1, 0.15) is 44.7 Å². The van der Waals surface area contributed by atoms with E-state index < -0.39 is 10.0 Å². The number of nitrogens with zero attached hydrogens (tertiary/aromatic N) is 1. The number of nitrogens with one attached hydrogen (secondary N) is 2. The van der Waals surface area contributed by atoms with Crippen molar-refractivity contribution in [2.45, 2.75) is 37.6 Å². The Hall–Kier alpha value is -3.17. The number of rotatable bonds is 6. The zero-order chi connectivity index (χ0) is 24.3. The fourth-order valence-corrected chi connectivity index (χ4v) is 5.63. The minimum atomic E-state index is -3.72. The second-order valence-corrected chi connectivity index (χ2v) is 10.9. The first-order valence-corrected chi connectivity index (χ1v) is 13.5. The Bertz CT molecular complexity index is 1280. The van der Waals surface area contributed by atoms with Crippen molar-refractivity contribution in [2.75, 3.05) is 17.8 Å². The molecule has 178 valence electrons. The SMILES string of the molecule is Cc1ccc(S(=O)(=O)Nc2ccc(C(=O)N3CCC(NC(=O)c4ccsc4)CC3)cc2)cc1C. The smallest absolute Gasteiger partial charge is 0.261 e. The number of carbonyl (C=O) groups excluding carboxylic acids is 2. The topological polar surface area (TPSA) is 95.6 Å². The molecule has 1 aliphatic rings. The predicted molar refractivity (Wildman–Crippen MR) is 134 cm³/mol. The highest BCUT2D eigenvalue weighted by Crippen LogP contribution is 2.21. The average molecular weight is 498 g/mol. The minimum absolute atomic E-state index is 0.0404. The van der Waals surface area contributed by atoms with Crippen LogP contribution in [0.2, 0.25) is 0 Å². The van der Waals surface area contributed by atoms with Crippen LogP contribution < -0.4 is 10.0 Å². The molecule has 0 aliphatic carbocycles. The van der Waals surface area contributed by atoms with Crippen LogP contribution in [0.5, 0.6) is 0 Å². The largest absolute Gasteiger partial charge is 0.349 e. The number of benzene rings is 2. The van der Waals surface area contributed by atoms with E-state index in [-0.39, 0.29) is 22.8 Å². The van der Waals surface area contributed by atoms with E-state index in [9.17, 15) is 18.0 Å². The molecule has 1 aromatic heterocycles. The first-order valence-electron chi connectivity index (χ1n) is 11.1. The van der Waals surface area contributed by atoms with Crippen molar-refractivity contribution >= 4 is 38.9 Å². The van der Waals surface area contributed by atoms with Gasteiger partial charge in [-0.3, -0.25) is 14.3 Å². The van der Waals surface area contributed by atoms with Crippen molar-refractivity contribution in [3.8, 4) is 0 Å². The van der Waals surface area contributed by atoms with Crippen LogP contribution in [0, 0.1) is 13.8 Å². The van der Waals surface area contributed by atoms with Crippen LogP contribution >= 0.6 is 11.3 Å². The highest BCUT2D eigenvalue weighted by atomic mass is 32.2. The van der Waals surface area contributed by atoms with Crippen LogP contribution in [0.4, 0.5) is 5.69 Å². The van der Waals surface area contributed by atoms with Gasteiger partial charge in [0.25, 0.3) is 21.8 Å². The van der Waals surface area contributed by atoms with Gasteiger partial charge < -0.3 is 10.2 Å². The van der Waals surface area contributed by atoms with Crippen molar-refractivity contribution in [1.82, 2.24) is 10.2 Å². The van der Waals surface area contributed by atoms with Gasteiger partial charge in [0.05, 0.1) is 4.90 Å². The van der Waals surface area contributed by atoms with Crippen molar-refractivity contribution in [3.05, 3.63) is 81.5 Å². The summed E-state index contributed by atoms with van der Waals surface area (Å²) in [6, 6.07) is 13.3. The molecule has 1 fully saturated rings. The molecule has 7 nitrogen and oxygen atoms in total. The van der Waals surface area contributed by atoms with Gasteiger partial charge in [-0.15, -0.1) is 0 Å². The second kappa shape index (κ2) is 9.99. The second-order valence-electron chi connectivity index (χ2n) is 8.48. The maximum absolute atomic E-state index is 12.9. The molecule has 2 N–H and O–H groups in total. The summed E-state index contributed by atoms with van der Waals surface area (Å²) in [6.45, 7) is 4.90. The Morgan fingerprint density at radius 2 is 1.65 bits per heavy atom. The molecule has 0 saturated carbocycles. The van der Waals surface area contributed by atoms with E-state index in [1.54, 1.807) is 53.4 Å². The molecule has 0 spiro atoms. The van der Waals surface area contributed by atoms with E-state index in [4.69, 9.17) is 0 Å². The summed E-state index contributed by atoms with van der Waals surface area (Å²) in [4.78, 5) is 27.1. The normalized spacial score (nSPS) is 14.6. The van der Waals surface area contributed by atoms with E-state index in [0.29, 0.717) is 42.7 Å². The number of amides is 2. The van der Waals surface area contributed by atoms with Crippen molar-refractivity contribution < 1.29 is 18.0 Å². The Morgan fingerprint density at radius 3 is 2.26 bits per heavy atom. The van der Waals surface area contributed by atoms with Gasteiger partial charge in [-0.05, 0) is 85.7 Å². The molecule has 0 atom stereocenters. The van der Waals surface area contributed by atoms with Gasteiger partial charge in [0.1, 0.15) is 0 Å². The van der Waals surface area contributed by atoms with Gasteiger partial charge in [-0.2, -0.15) is 11.3 Å². The van der Waals surface area contributed by atoms with Gasteiger partial charge in [0.15, 0.2) is 0 Å². The number of hydrogen-bond acceptors (Lipinski definition) is 5. The summed E-state index contributed by atoms with van der Waals surface area (Å²) in [5, 5.41) is 6.72. The third-order valence-electron chi connectivity index (χ3n) is 6.07. The van der Waals surface area contributed by atoms with Gasteiger partial charge in [0, 0.05) is 41.3 Å². The number of anilines is 1. The molecule has 2 aromatic carbocycles. The Balaban J connectivity index is 1.33. The first kappa shape index (κ1) is 24.0. The molecule has 34 heavy (non-hydrogen) atoms. The fourth-order valence-electron chi connectivity index (χ4n) is 3.85. The third-order valence-corrected chi connectivity index (χ3v) is 8.14. The summed E-state index contributed by atoms with van der Waals surface area (Å²) < 4.78 is 28.0. The van der Waals surface area contributed by atoms with Crippen LogP contribution in [0.3, 0.4) is 0 Å². The summed E-state index contributed by atoms with van der Waals surface area (Å²) in [5.41, 5.74) is 3.48. The average Bonchev–Trinajstić information content (AvgIpc) is 3.36. The standard InChI is InChI=1S/C25H27N3O4S2/c1-17-3-8-23(15-18(17)2)34(31,32)27-22-6-4-19(5-7-22)25(30)28-12-9-21(10-13-28)26-24(29)20-11-14-33-16-20/h3-8,11,14-16,21,27H,9-10,12-13H2,1-2H3,(H,26,29). The maximum Gasteiger partial charge on any atom is 0.261 e. The number of thiophene rings is 1. The van der Waals surface area contributed by atoms with Crippen LogP contribution in [-0.4, -0.2) is 44.3 Å². The van der Waals surface area contributed by atoms with Crippen LogP contribution in [0.15, 0.2) is 64.2 Å². The highest BCUT2D eigenvalue weighted by Gasteiger charge is 2.25. The van der Waals surface area contributed by atoms with E-state index in [1.807, 2.05) is 24.6 Å². The number of piperidine rings is 1. The van der Waals surface area contributed by atoms with Crippen LogP contribution in [0.25, 0.3) is 0 Å². The number of carbonyl (C=O) groups is 2. The lowest BCUT2D eigenvalue weighted by Crippen LogP contribution is -2.46. The molecule has 3 aromatic rings. The summed E-state index contributed by atoms with van der Waals surface area (Å²) in [6.07, 6.45) is 1.38. The maximum atomic E-state index is 12.9. The Labute approximate surface area is 203 Å². The van der Waals surface area contributed by atoms with E-state index in [2.05, 4.69) is 10.0 Å². The predicted octanol–water partition coefficient (Wildman–Crippen LogP) is 4.20. The molecule has 4 rings (SSSR count). The molecule has 1 saturated heterocycles. The number of likely N-dealkylation sites (tertiary alicyclic amines) is 1. The lowest BCUT2D eigenvalue weighted by Gasteiger charge is -2.32. The molecule has 0 bridgehead atoms. The molecule has 2 heterocycles. The zero-order valence-corrected chi connectivity index (χ0v) is 20.7. The Morgan fingerprint density at radius 1 is 0.941 bits per heavy atom. The van der Waals surface area contributed by atoms with Gasteiger partial charge in [-0.25, -0.2) is 8.42 Å². The number of hydrogen-bond donors (Lipinski definition) is 2. The zero-order valence-electron chi connectivity index (χ0n) is 19.1. The van der Waals surface area contributed by atoms with E-state index in [1.165, 1.54) is 11.3 Å².